The summed E-state index contributed by atoms with van der Waals surface area (Å²) in [5, 5.41) is 22.1. The molecule has 0 saturated heterocycles. The highest BCUT2D eigenvalue weighted by atomic mass is 16.5. The Balaban J connectivity index is 2.75. The number of rotatable bonds is 4. The quantitative estimate of drug-likeness (QED) is 0.238. The van der Waals surface area contributed by atoms with Gasteiger partial charge in [0.1, 0.15) is 0 Å². The molecule has 0 bridgehead atoms. The number of oxime groups is 1. The predicted molar refractivity (Wildman–Crippen MR) is 104 cm³/mol. The number of hydrogen-bond acceptors (Lipinski definition) is 5. The molecule has 1 amide bonds. The molecule has 0 fully saturated rings. The zero-order valence-corrected chi connectivity index (χ0v) is 16.9. The van der Waals surface area contributed by atoms with Gasteiger partial charge in [-0.25, -0.2) is 4.79 Å². The van der Waals surface area contributed by atoms with Crippen molar-refractivity contribution < 1.29 is 24.6 Å². The lowest BCUT2D eigenvalue weighted by atomic mass is 9.65. The smallest absolute Gasteiger partial charge is 0.408 e. The van der Waals surface area contributed by atoms with Crippen molar-refractivity contribution in [2.45, 2.75) is 52.0 Å². The van der Waals surface area contributed by atoms with Crippen LogP contribution in [0.15, 0.2) is 23.4 Å². The lowest BCUT2D eigenvalue weighted by molar-refractivity contribution is -0.142. The normalized spacial score (nSPS) is 20.3. The first-order valence-electron chi connectivity index (χ1n) is 9.27. The number of nitrogens with zero attached hydrogens (tertiary/aromatic N) is 2. The molecule has 4 N–H and O–H groups in total. The molecule has 1 unspecified atom stereocenters. The van der Waals surface area contributed by atoms with Crippen molar-refractivity contribution in [1.29, 1.82) is 0 Å². The minimum Gasteiger partial charge on any atom is -0.469 e. The van der Waals surface area contributed by atoms with Crippen molar-refractivity contribution in [3.8, 4) is 0 Å². The maximum Gasteiger partial charge on any atom is 0.408 e. The summed E-state index contributed by atoms with van der Waals surface area (Å²) in [6.07, 6.45) is 0.661. The Hall–Kier alpha value is -2.77. The molecule has 0 saturated carbocycles. The minimum absolute atomic E-state index is 0.00180. The summed E-state index contributed by atoms with van der Waals surface area (Å²) in [6, 6.07) is 5.40. The van der Waals surface area contributed by atoms with E-state index < -0.39 is 17.0 Å². The molecule has 0 aliphatic carbocycles. The summed E-state index contributed by atoms with van der Waals surface area (Å²) < 4.78 is 4.81. The fourth-order valence-corrected chi connectivity index (χ4v) is 4.28. The topological polar surface area (TPSA) is 125 Å². The first-order chi connectivity index (χ1) is 13.1. The van der Waals surface area contributed by atoms with Gasteiger partial charge < -0.3 is 20.8 Å². The molecule has 1 aliphatic rings. The van der Waals surface area contributed by atoms with Crippen LogP contribution in [0.25, 0.3) is 0 Å². The molecule has 8 nitrogen and oxygen atoms in total. The lowest BCUT2D eigenvalue weighted by Gasteiger charge is -2.51. The number of esters is 1. The Morgan fingerprint density at radius 2 is 2.04 bits per heavy atom. The SMILES string of the molecule is COC(=O)CCC1(C(C)(C)C)c2ccc(C(N)=NO)cc2CCCN1C(=O)O. The van der Waals surface area contributed by atoms with Gasteiger partial charge in [0.15, 0.2) is 5.84 Å². The number of carbonyl (C=O) groups is 2. The Kier molecular flexibility index (Phi) is 6.21. The molecule has 28 heavy (non-hydrogen) atoms. The third kappa shape index (κ3) is 3.76. The number of nitrogens with two attached hydrogens (primary N) is 1. The van der Waals surface area contributed by atoms with Crippen LogP contribution >= 0.6 is 0 Å². The summed E-state index contributed by atoms with van der Waals surface area (Å²) >= 11 is 0. The summed E-state index contributed by atoms with van der Waals surface area (Å²) in [4.78, 5) is 25.6. The van der Waals surface area contributed by atoms with E-state index in [-0.39, 0.29) is 18.2 Å². The average Bonchev–Trinajstić information content (AvgIpc) is 2.81. The monoisotopic (exact) mass is 391 g/mol. The molecule has 1 aliphatic heterocycles. The van der Waals surface area contributed by atoms with E-state index in [1.54, 1.807) is 6.07 Å². The predicted octanol–water partition coefficient (Wildman–Crippen LogP) is 2.90. The molecule has 0 radical (unpaired) electrons. The Labute approximate surface area is 165 Å². The maximum absolute atomic E-state index is 12.3. The zero-order chi connectivity index (χ0) is 21.1. The van der Waals surface area contributed by atoms with Crippen LogP contribution in [0.1, 0.15) is 56.7 Å². The standard InChI is InChI=1S/C20H29N3O5/c1-19(2,3)20(10-9-16(24)28-4)15-8-7-14(17(21)22-27)12-13(15)6-5-11-23(20)18(25)26/h7-8,12,27H,5-6,9-11H2,1-4H3,(H2,21,22)(H,25,26). The molecular weight excluding hydrogens is 362 g/mol. The van der Waals surface area contributed by atoms with Gasteiger partial charge in [-0.2, -0.15) is 0 Å². The fourth-order valence-electron chi connectivity index (χ4n) is 4.28. The fraction of sp³-hybridized carbons (Fsp3) is 0.550. The van der Waals surface area contributed by atoms with E-state index in [1.165, 1.54) is 12.0 Å². The van der Waals surface area contributed by atoms with Crippen LogP contribution in [0.5, 0.6) is 0 Å². The van der Waals surface area contributed by atoms with E-state index in [2.05, 4.69) is 5.16 Å². The highest BCUT2D eigenvalue weighted by Gasteiger charge is 2.52. The molecular formula is C20H29N3O5. The molecule has 2 rings (SSSR count). The van der Waals surface area contributed by atoms with Gasteiger partial charge in [0, 0.05) is 18.5 Å². The van der Waals surface area contributed by atoms with E-state index in [0.29, 0.717) is 31.4 Å². The number of hydrogen-bond donors (Lipinski definition) is 3. The number of fused-ring (bicyclic) bond motifs is 1. The largest absolute Gasteiger partial charge is 0.469 e. The van der Waals surface area contributed by atoms with Gasteiger partial charge in [-0.1, -0.05) is 38.1 Å². The van der Waals surface area contributed by atoms with E-state index in [0.717, 1.165) is 11.1 Å². The van der Waals surface area contributed by atoms with Crippen molar-refractivity contribution in [2.75, 3.05) is 13.7 Å². The second-order valence-corrected chi connectivity index (χ2v) is 8.08. The van der Waals surface area contributed by atoms with Crippen LogP contribution in [-0.2, 0) is 21.5 Å². The number of benzene rings is 1. The van der Waals surface area contributed by atoms with Gasteiger partial charge in [-0.15, -0.1) is 0 Å². The lowest BCUT2D eigenvalue weighted by Crippen LogP contribution is -2.56. The second kappa shape index (κ2) is 8.08. The zero-order valence-electron chi connectivity index (χ0n) is 16.9. The van der Waals surface area contributed by atoms with Gasteiger partial charge in [-0.05, 0) is 41.9 Å². The van der Waals surface area contributed by atoms with Crippen LogP contribution in [0.3, 0.4) is 0 Å². The number of aryl methyl sites for hydroxylation is 1. The third-order valence-electron chi connectivity index (χ3n) is 5.63. The first kappa shape index (κ1) is 21.5. The van der Waals surface area contributed by atoms with Crippen LogP contribution in [-0.4, -0.2) is 46.8 Å². The van der Waals surface area contributed by atoms with Crippen LogP contribution in [0, 0.1) is 5.41 Å². The van der Waals surface area contributed by atoms with Crippen LogP contribution in [0.2, 0.25) is 0 Å². The highest BCUT2D eigenvalue weighted by molar-refractivity contribution is 5.97. The van der Waals surface area contributed by atoms with Crippen molar-refractivity contribution >= 4 is 17.9 Å². The van der Waals surface area contributed by atoms with Crippen LogP contribution < -0.4 is 5.73 Å². The number of carbonyl (C=O) groups excluding carboxylic acids is 1. The molecule has 154 valence electrons. The minimum atomic E-state index is -1.02. The van der Waals surface area contributed by atoms with Gasteiger partial charge in [0.05, 0.1) is 12.6 Å². The van der Waals surface area contributed by atoms with Crippen molar-refractivity contribution in [1.82, 2.24) is 4.90 Å². The Bertz CT molecular complexity index is 785. The molecule has 0 aromatic heterocycles. The van der Waals surface area contributed by atoms with Gasteiger partial charge in [0.25, 0.3) is 0 Å². The van der Waals surface area contributed by atoms with Gasteiger partial charge >= 0.3 is 12.1 Å². The van der Waals surface area contributed by atoms with E-state index in [4.69, 9.17) is 15.7 Å². The number of carboxylic acid groups (broad SMARTS) is 1. The third-order valence-corrected chi connectivity index (χ3v) is 5.63. The van der Waals surface area contributed by atoms with Gasteiger partial charge in [0.2, 0.25) is 0 Å². The molecule has 0 spiro atoms. The van der Waals surface area contributed by atoms with Crippen LogP contribution in [0.4, 0.5) is 4.79 Å². The Morgan fingerprint density at radius 1 is 1.36 bits per heavy atom. The van der Waals surface area contributed by atoms with Crippen molar-refractivity contribution in [3.63, 3.8) is 0 Å². The maximum atomic E-state index is 12.3. The average molecular weight is 391 g/mol. The van der Waals surface area contributed by atoms with E-state index in [9.17, 15) is 14.7 Å². The molecule has 1 aromatic carbocycles. The highest BCUT2D eigenvalue weighted by Crippen LogP contribution is 2.50. The van der Waals surface area contributed by atoms with Crippen molar-refractivity contribution in [3.05, 3.63) is 34.9 Å². The second-order valence-electron chi connectivity index (χ2n) is 8.08. The summed E-state index contributed by atoms with van der Waals surface area (Å²) in [7, 11) is 1.32. The summed E-state index contributed by atoms with van der Waals surface area (Å²) in [5.74, 6) is -0.383. The number of amides is 1. The first-order valence-corrected chi connectivity index (χ1v) is 9.27. The van der Waals surface area contributed by atoms with Crippen molar-refractivity contribution in [2.24, 2.45) is 16.3 Å². The number of methoxy groups -OCH3 is 1. The van der Waals surface area contributed by atoms with E-state index in [1.807, 2.05) is 32.9 Å². The molecule has 1 aromatic rings. The molecule has 1 heterocycles. The molecule has 8 heteroatoms. The van der Waals surface area contributed by atoms with E-state index >= 15 is 0 Å². The number of amidine groups is 1. The number of ether oxygens (including phenoxy) is 1. The van der Waals surface area contributed by atoms with Gasteiger partial charge in [-0.3, -0.25) is 9.69 Å². The molecule has 1 atom stereocenters. The summed E-state index contributed by atoms with van der Waals surface area (Å²) in [6.45, 7) is 6.29. The Morgan fingerprint density at radius 3 is 2.57 bits per heavy atom. The summed E-state index contributed by atoms with van der Waals surface area (Å²) in [5.41, 5.74) is 6.67.